The van der Waals surface area contributed by atoms with Gasteiger partial charge in [-0.3, -0.25) is 9.59 Å². The maximum atomic E-state index is 15.0. The van der Waals surface area contributed by atoms with Crippen LogP contribution in [0.15, 0.2) is 127 Å². The molecular formula is C39H34ClNO6S. The average molecular weight is 680 g/mol. The van der Waals surface area contributed by atoms with Gasteiger partial charge in [0, 0.05) is 26.8 Å². The Balaban J connectivity index is 1.30. The van der Waals surface area contributed by atoms with Gasteiger partial charge in [-0.1, -0.05) is 96.5 Å². The number of β-lactam (4-membered cyclic amide) rings is 1. The predicted octanol–water partition coefficient (Wildman–Crippen LogP) is 7.19. The van der Waals surface area contributed by atoms with Crippen LogP contribution >= 0.6 is 23.4 Å². The molecule has 4 aromatic carbocycles. The number of halogens is 1. The molecule has 0 bridgehead atoms. The van der Waals surface area contributed by atoms with Gasteiger partial charge in [-0.05, 0) is 62.2 Å². The van der Waals surface area contributed by atoms with Gasteiger partial charge in [0.2, 0.25) is 11.7 Å². The second-order valence-corrected chi connectivity index (χ2v) is 15.0. The maximum absolute atomic E-state index is 15.0. The molecule has 2 aliphatic heterocycles. The van der Waals surface area contributed by atoms with E-state index >= 15 is 4.79 Å². The first-order chi connectivity index (χ1) is 23.1. The largest absolute Gasteiger partial charge is 0.423 e. The summed E-state index contributed by atoms with van der Waals surface area (Å²) in [5.74, 6) is -3.83. The highest BCUT2D eigenvalue weighted by Crippen LogP contribution is 2.68. The lowest BCUT2D eigenvalue weighted by Gasteiger charge is -2.57. The van der Waals surface area contributed by atoms with Crippen LogP contribution in [0, 0.1) is 11.3 Å². The number of carbonyl (C=O) groups is 3. The number of benzene rings is 4. The van der Waals surface area contributed by atoms with E-state index < -0.39 is 45.2 Å². The SMILES string of the molecule is CC1(C)S[C@H]2N(C(=O)C23C(C(=O)Oc2ccccc2)=CCC3C(=O)c2ccc(Cl)cc2)[C@H]1C(O)(OCc1ccccc1)c1ccccc1. The van der Waals surface area contributed by atoms with E-state index in [9.17, 15) is 14.7 Å². The van der Waals surface area contributed by atoms with Crippen molar-refractivity contribution < 1.29 is 29.0 Å². The number of ether oxygens (including phenoxy) is 2. The monoisotopic (exact) mass is 679 g/mol. The second kappa shape index (κ2) is 12.3. The highest BCUT2D eigenvalue weighted by molar-refractivity contribution is 8.01. The molecule has 7 nitrogen and oxygen atoms in total. The Labute approximate surface area is 288 Å². The molecule has 1 aliphatic carbocycles. The first-order valence-corrected chi connectivity index (χ1v) is 17.1. The standard InChI is InChI=1S/C39H34ClNO6S/c1-37(2)34(39(45,27-14-8-4-9-15-27)46-24-25-12-6-3-7-13-25)41-35(44)38(36(41)48-37)30(32(42)26-18-20-28(40)21-19-26)22-23-31(38)33(43)47-29-16-10-5-11-17-29/h3-21,23,30,34,36,45H,22,24H2,1-2H3/t30?,34-,36-,38?,39?/m1/s1. The molecule has 2 saturated heterocycles. The third-order valence-corrected chi connectivity index (χ3v) is 11.5. The van der Waals surface area contributed by atoms with Crippen LogP contribution in [-0.4, -0.2) is 43.8 Å². The number of hydrogen-bond acceptors (Lipinski definition) is 7. The summed E-state index contributed by atoms with van der Waals surface area (Å²) in [6, 6.07) is 32.9. The van der Waals surface area contributed by atoms with Crippen LogP contribution in [-0.2, 0) is 26.7 Å². The van der Waals surface area contributed by atoms with Crippen molar-refractivity contribution in [3.63, 3.8) is 0 Å². The van der Waals surface area contributed by atoms with Crippen molar-refractivity contribution in [1.29, 1.82) is 0 Å². The van der Waals surface area contributed by atoms with E-state index in [1.54, 1.807) is 71.6 Å². The minimum atomic E-state index is -1.93. The van der Waals surface area contributed by atoms with Gasteiger partial charge in [0.25, 0.3) is 0 Å². The van der Waals surface area contributed by atoms with Crippen LogP contribution in [0.5, 0.6) is 5.75 Å². The highest BCUT2D eigenvalue weighted by Gasteiger charge is 2.79. The van der Waals surface area contributed by atoms with Crippen molar-refractivity contribution in [2.45, 2.75) is 48.8 Å². The molecule has 7 rings (SSSR count). The summed E-state index contributed by atoms with van der Waals surface area (Å²) in [6.07, 6.45) is 1.85. The Kier molecular flexibility index (Phi) is 8.32. The number of carbonyl (C=O) groups excluding carboxylic acids is 3. The van der Waals surface area contributed by atoms with Gasteiger partial charge < -0.3 is 19.5 Å². The first kappa shape index (κ1) is 32.3. The van der Waals surface area contributed by atoms with Crippen LogP contribution < -0.4 is 4.74 Å². The number of ketones is 1. The third-order valence-electron chi connectivity index (χ3n) is 9.61. The van der Waals surface area contributed by atoms with Crippen molar-refractivity contribution in [2.75, 3.05) is 0 Å². The number of aliphatic hydroxyl groups is 1. The molecule has 1 N–H and O–H groups in total. The fraction of sp³-hybridized carbons (Fsp3) is 0.256. The summed E-state index contributed by atoms with van der Waals surface area (Å²) in [5.41, 5.74) is 0.385. The molecule has 4 aromatic rings. The number of hydrogen-bond donors (Lipinski definition) is 1. The smallest absolute Gasteiger partial charge is 0.340 e. The molecule has 1 spiro atoms. The lowest BCUT2D eigenvalue weighted by Crippen LogP contribution is -2.74. The minimum absolute atomic E-state index is 0.0908. The molecule has 2 heterocycles. The number of Topliss-reactive ketones (excluding diaryl/α,β-unsaturated/α-hetero) is 1. The lowest BCUT2D eigenvalue weighted by molar-refractivity contribution is -0.269. The van der Waals surface area contributed by atoms with Gasteiger partial charge in [-0.25, -0.2) is 4.79 Å². The van der Waals surface area contributed by atoms with Gasteiger partial charge in [-0.15, -0.1) is 11.8 Å². The molecule has 3 unspecified atom stereocenters. The first-order valence-electron chi connectivity index (χ1n) is 15.8. The summed E-state index contributed by atoms with van der Waals surface area (Å²) in [4.78, 5) is 44.9. The fourth-order valence-electron chi connectivity index (χ4n) is 7.47. The van der Waals surface area contributed by atoms with Crippen molar-refractivity contribution in [1.82, 2.24) is 4.90 Å². The van der Waals surface area contributed by atoms with Crippen LogP contribution in [0.2, 0.25) is 5.02 Å². The number of para-hydroxylation sites is 1. The average Bonchev–Trinajstić information content (AvgIpc) is 3.64. The van der Waals surface area contributed by atoms with Crippen LogP contribution in [0.25, 0.3) is 0 Å². The zero-order valence-electron chi connectivity index (χ0n) is 26.4. The van der Waals surface area contributed by atoms with Gasteiger partial charge in [0.1, 0.15) is 17.2 Å². The Morgan fingerprint density at radius 3 is 2.17 bits per heavy atom. The number of rotatable bonds is 9. The van der Waals surface area contributed by atoms with Crippen molar-refractivity contribution in [3.8, 4) is 5.75 Å². The summed E-state index contributed by atoms with van der Waals surface area (Å²) >= 11 is 7.59. The summed E-state index contributed by atoms with van der Waals surface area (Å²) in [6.45, 7) is 4.00. The summed E-state index contributed by atoms with van der Waals surface area (Å²) in [5, 5.41) is 12.5. The number of amides is 1. The van der Waals surface area contributed by atoms with Crippen molar-refractivity contribution >= 4 is 41.0 Å². The van der Waals surface area contributed by atoms with E-state index in [0.29, 0.717) is 21.9 Å². The minimum Gasteiger partial charge on any atom is -0.423 e. The highest BCUT2D eigenvalue weighted by atomic mass is 35.5. The fourth-order valence-corrected chi connectivity index (χ4v) is 9.48. The quantitative estimate of drug-likeness (QED) is 0.0658. The van der Waals surface area contributed by atoms with Crippen LogP contribution in [0.3, 0.4) is 0 Å². The Morgan fingerprint density at radius 1 is 0.917 bits per heavy atom. The third kappa shape index (κ3) is 5.19. The van der Waals surface area contributed by atoms with Crippen LogP contribution in [0.4, 0.5) is 0 Å². The van der Waals surface area contributed by atoms with E-state index in [0.717, 1.165) is 5.56 Å². The van der Waals surface area contributed by atoms with E-state index in [1.807, 2.05) is 68.4 Å². The predicted molar refractivity (Wildman–Crippen MR) is 184 cm³/mol. The number of allylic oxidation sites excluding steroid dienone is 1. The maximum Gasteiger partial charge on any atom is 0.340 e. The molecule has 0 radical (unpaired) electrons. The zero-order chi connectivity index (χ0) is 33.7. The molecule has 9 heteroatoms. The Morgan fingerprint density at radius 2 is 1.52 bits per heavy atom. The Bertz CT molecular complexity index is 1880. The summed E-state index contributed by atoms with van der Waals surface area (Å²) < 4.78 is 11.5. The normalized spacial score (nSPS) is 25.2. The molecule has 244 valence electrons. The number of fused-ring (bicyclic) bond motifs is 2. The van der Waals surface area contributed by atoms with Gasteiger partial charge >= 0.3 is 5.97 Å². The molecule has 3 aliphatic rings. The number of nitrogens with zero attached hydrogens (tertiary/aromatic N) is 1. The van der Waals surface area contributed by atoms with Crippen LogP contribution in [0.1, 0.15) is 41.8 Å². The second-order valence-electron chi connectivity index (χ2n) is 12.9. The van der Waals surface area contributed by atoms with E-state index in [2.05, 4.69) is 0 Å². The molecule has 5 atom stereocenters. The van der Waals surface area contributed by atoms with Crippen molar-refractivity contribution in [2.24, 2.45) is 11.3 Å². The molecule has 48 heavy (non-hydrogen) atoms. The molecule has 1 amide bonds. The lowest BCUT2D eigenvalue weighted by atomic mass is 9.63. The molecule has 0 aromatic heterocycles. The zero-order valence-corrected chi connectivity index (χ0v) is 28.0. The molecule has 2 fully saturated rings. The van der Waals surface area contributed by atoms with E-state index in [-0.39, 0.29) is 24.4 Å². The van der Waals surface area contributed by atoms with Gasteiger partial charge in [-0.2, -0.15) is 0 Å². The van der Waals surface area contributed by atoms with Crippen molar-refractivity contribution in [3.05, 3.63) is 149 Å². The number of thioether (sulfide) groups is 1. The summed E-state index contributed by atoms with van der Waals surface area (Å²) in [7, 11) is 0. The van der Waals surface area contributed by atoms with Gasteiger partial charge in [0.15, 0.2) is 5.78 Å². The van der Waals surface area contributed by atoms with E-state index in [1.165, 1.54) is 11.8 Å². The van der Waals surface area contributed by atoms with E-state index in [4.69, 9.17) is 21.1 Å². The topological polar surface area (TPSA) is 93.1 Å². The molecule has 0 saturated carbocycles. The molecular weight excluding hydrogens is 646 g/mol. The Hall–Kier alpha value is -4.21. The van der Waals surface area contributed by atoms with Gasteiger partial charge in [0.05, 0.1) is 17.6 Å². The number of esters is 1.